The Morgan fingerprint density at radius 2 is 1.54 bits per heavy atom. The summed E-state index contributed by atoms with van der Waals surface area (Å²) in [6.45, 7) is 7.76. The van der Waals surface area contributed by atoms with E-state index >= 15 is 0 Å². The number of halogens is 4. The number of hydrogen-bond acceptors (Lipinski definition) is 4. The number of rotatable bonds is 6. The van der Waals surface area contributed by atoms with E-state index in [9.17, 15) is 18.0 Å². The highest BCUT2D eigenvalue weighted by Crippen LogP contribution is 2.44. The van der Waals surface area contributed by atoms with Crippen molar-refractivity contribution in [1.82, 2.24) is 5.32 Å². The van der Waals surface area contributed by atoms with Crippen LogP contribution in [0.5, 0.6) is 0 Å². The van der Waals surface area contributed by atoms with E-state index in [1.807, 2.05) is 64.1 Å². The van der Waals surface area contributed by atoms with Gasteiger partial charge in [0, 0.05) is 16.9 Å². The van der Waals surface area contributed by atoms with Gasteiger partial charge in [-0.2, -0.15) is 13.2 Å². The van der Waals surface area contributed by atoms with Crippen LogP contribution in [0.3, 0.4) is 0 Å². The molecule has 0 atom stereocenters. The Morgan fingerprint density at radius 3 is 2.07 bits per heavy atom. The molecule has 1 amide bonds. The summed E-state index contributed by atoms with van der Waals surface area (Å²) in [5.74, 6) is -0.0886. The molecule has 2 aliphatic rings. The fourth-order valence-electron chi connectivity index (χ4n) is 5.04. The molecule has 214 valence electrons. The molecule has 0 bridgehead atoms. The van der Waals surface area contributed by atoms with Gasteiger partial charge in [0.2, 0.25) is 0 Å². The largest absolute Gasteiger partial charge is 0.492 e. The number of ether oxygens (including phenoxy) is 1. The highest BCUT2D eigenvalue weighted by atomic mass is 79.9. The van der Waals surface area contributed by atoms with Crippen LogP contribution in [0.15, 0.2) is 76.7 Å². The first-order valence-corrected chi connectivity index (χ1v) is 14.1. The van der Waals surface area contributed by atoms with Gasteiger partial charge in [0.1, 0.15) is 6.61 Å². The highest BCUT2D eigenvalue weighted by Gasteiger charge is 2.52. The topological polar surface area (TPSA) is 56.8 Å². The van der Waals surface area contributed by atoms with E-state index in [0.29, 0.717) is 11.0 Å². The molecule has 0 spiro atoms. The molecule has 5 rings (SSSR count). The summed E-state index contributed by atoms with van der Waals surface area (Å²) >= 11 is 3.25. The van der Waals surface area contributed by atoms with Crippen molar-refractivity contribution < 1.29 is 32.0 Å². The van der Waals surface area contributed by atoms with Gasteiger partial charge in [-0.05, 0) is 73.1 Å². The van der Waals surface area contributed by atoms with Crippen molar-refractivity contribution in [2.24, 2.45) is 0 Å². The zero-order valence-electron chi connectivity index (χ0n) is 23.1. The van der Waals surface area contributed by atoms with Gasteiger partial charge < -0.3 is 19.4 Å². The molecule has 1 aliphatic carbocycles. The van der Waals surface area contributed by atoms with Crippen molar-refractivity contribution in [3.8, 4) is 11.1 Å². The molecule has 5 nitrogen and oxygen atoms in total. The lowest BCUT2D eigenvalue weighted by Crippen LogP contribution is -2.41. The van der Waals surface area contributed by atoms with Crippen molar-refractivity contribution in [2.75, 3.05) is 13.2 Å². The van der Waals surface area contributed by atoms with Crippen LogP contribution in [0.25, 0.3) is 17.2 Å². The Hall–Kier alpha value is -3.08. The first-order chi connectivity index (χ1) is 19.3. The third-order valence-electron chi connectivity index (χ3n) is 8.01. The fourth-order valence-corrected chi connectivity index (χ4v) is 5.53. The standard InChI is InChI=1S/C31H30BBrF3NO4/c1-29(2)30(3,4)41-32(40-29)21(15-19-13-14-20(16-27(19)33)31(34,35)36)17-37-28(38)39-18-26-24-11-7-5-9-22(24)23-10-6-8-12-25(23)26/h5-16,26H,17-18H2,1-4H3,(H,37,38). The minimum absolute atomic E-state index is 0.000955. The van der Waals surface area contributed by atoms with Gasteiger partial charge in [-0.1, -0.05) is 76.6 Å². The lowest BCUT2D eigenvalue weighted by Gasteiger charge is -2.32. The van der Waals surface area contributed by atoms with Crippen LogP contribution in [0.4, 0.5) is 18.0 Å². The van der Waals surface area contributed by atoms with Crippen molar-refractivity contribution in [3.63, 3.8) is 0 Å². The number of alkyl halides is 3. The molecule has 1 saturated heterocycles. The maximum atomic E-state index is 13.2. The summed E-state index contributed by atoms with van der Waals surface area (Å²) in [5.41, 5.74) is 3.40. The molecule has 1 heterocycles. The number of fused-ring (bicyclic) bond motifs is 3. The van der Waals surface area contributed by atoms with E-state index in [0.717, 1.165) is 34.4 Å². The van der Waals surface area contributed by atoms with E-state index in [1.165, 1.54) is 6.07 Å². The van der Waals surface area contributed by atoms with Crippen LogP contribution in [0.1, 0.15) is 55.9 Å². The van der Waals surface area contributed by atoms with Gasteiger partial charge in [-0.25, -0.2) is 4.79 Å². The first-order valence-electron chi connectivity index (χ1n) is 13.3. The summed E-state index contributed by atoms with van der Waals surface area (Å²) in [6, 6.07) is 19.5. The van der Waals surface area contributed by atoms with Crippen LogP contribution in [0.2, 0.25) is 0 Å². The minimum Gasteiger partial charge on any atom is -0.449 e. The Kier molecular flexibility index (Phi) is 7.87. The van der Waals surface area contributed by atoms with Gasteiger partial charge in [-0.3, -0.25) is 0 Å². The van der Waals surface area contributed by atoms with E-state index in [-0.39, 0.29) is 23.5 Å². The van der Waals surface area contributed by atoms with Crippen LogP contribution >= 0.6 is 15.9 Å². The smallest absolute Gasteiger partial charge is 0.449 e. The second-order valence-corrected chi connectivity index (χ2v) is 12.1. The van der Waals surface area contributed by atoms with Gasteiger partial charge in [-0.15, -0.1) is 0 Å². The van der Waals surface area contributed by atoms with Crippen molar-refractivity contribution in [2.45, 2.75) is 51.0 Å². The SMILES string of the molecule is CC1(C)OB(C(=Cc2ccc(C(F)(F)F)cc2Br)CNC(=O)OCC2c3ccccc3-c3ccccc32)OC1(C)C. The maximum absolute atomic E-state index is 13.2. The van der Waals surface area contributed by atoms with E-state index in [4.69, 9.17) is 14.0 Å². The second kappa shape index (κ2) is 11.0. The number of alkyl carbamates (subject to hydrolysis) is 1. The van der Waals surface area contributed by atoms with Gasteiger partial charge >= 0.3 is 19.4 Å². The molecule has 41 heavy (non-hydrogen) atoms. The normalized spacial score (nSPS) is 17.8. The van der Waals surface area contributed by atoms with Crippen LogP contribution in [-0.4, -0.2) is 37.6 Å². The minimum atomic E-state index is -4.47. The Morgan fingerprint density at radius 1 is 0.976 bits per heavy atom. The molecule has 0 radical (unpaired) electrons. The van der Waals surface area contributed by atoms with Crippen molar-refractivity contribution in [1.29, 1.82) is 0 Å². The van der Waals surface area contributed by atoms with Crippen molar-refractivity contribution >= 4 is 35.2 Å². The number of carbonyl (C=O) groups is 1. The average molecular weight is 628 g/mol. The zero-order valence-corrected chi connectivity index (χ0v) is 24.7. The van der Waals surface area contributed by atoms with Crippen LogP contribution < -0.4 is 5.32 Å². The van der Waals surface area contributed by atoms with Crippen molar-refractivity contribution in [3.05, 3.63) is 98.9 Å². The van der Waals surface area contributed by atoms with E-state index < -0.39 is 36.2 Å². The molecule has 10 heteroatoms. The third-order valence-corrected chi connectivity index (χ3v) is 8.69. The molecule has 0 unspecified atom stereocenters. The summed E-state index contributed by atoms with van der Waals surface area (Å²) in [6.07, 6.45) is -3.43. The molecule has 3 aromatic rings. The Balaban J connectivity index is 1.33. The number of hydrogen-bond donors (Lipinski definition) is 1. The molecule has 1 N–H and O–H groups in total. The second-order valence-electron chi connectivity index (χ2n) is 11.2. The van der Waals surface area contributed by atoms with Gasteiger partial charge in [0.15, 0.2) is 0 Å². The quantitative estimate of drug-likeness (QED) is 0.281. The maximum Gasteiger partial charge on any atom is 0.492 e. The number of benzene rings is 3. The fraction of sp³-hybridized carbons (Fsp3) is 0.323. The zero-order chi connectivity index (χ0) is 29.6. The molecular weight excluding hydrogens is 598 g/mol. The number of amides is 1. The Labute approximate surface area is 246 Å². The average Bonchev–Trinajstić information content (AvgIpc) is 3.34. The molecule has 3 aromatic carbocycles. The molecule has 1 aliphatic heterocycles. The number of carbonyl (C=O) groups excluding carboxylic acids is 1. The monoisotopic (exact) mass is 627 g/mol. The van der Waals surface area contributed by atoms with E-state index in [2.05, 4.69) is 33.4 Å². The summed E-state index contributed by atoms with van der Waals surface area (Å²) in [4.78, 5) is 12.9. The summed E-state index contributed by atoms with van der Waals surface area (Å²) in [7, 11) is -0.830. The summed E-state index contributed by atoms with van der Waals surface area (Å²) < 4.78 is 57.9. The summed E-state index contributed by atoms with van der Waals surface area (Å²) in [5, 5.41) is 2.78. The molecular formula is C31H30BBrF3NO4. The number of nitrogens with one attached hydrogen (secondary N) is 1. The van der Waals surface area contributed by atoms with Gasteiger partial charge in [0.05, 0.1) is 16.8 Å². The lowest BCUT2D eigenvalue weighted by atomic mass is 9.77. The molecule has 1 fully saturated rings. The van der Waals surface area contributed by atoms with Crippen LogP contribution in [0, 0.1) is 0 Å². The first kappa shape index (κ1) is 29.4. The molecule has 0 aromatic heterocycles. The van der Waals surface area contributed by atoms with E-state index in [1.54, 1.807) is 6.08 Å². The lowest BCUT2D eigenvalue weighted by molar-refractivity contribution is -0.137. The predicted molar refractivity (Wildman–Crippen MR) is 156 cm³/mol. The third kappa shape index (κ3) is 5.96. The molecule has 0 saturated carbocycles. The highest BCUT2D eigenvalue weighted by molar-refractivity contribution is 9.10. The Bertz CT molecular complexity index is 1440. The van der Waals surface area contributed by atoms with Gasteiger partial charge in [0.25, 0.3) is 0 Å². The predicted octanol–water partition coefficient (Wildman–Crippen LogP) is 8.02. The van der Waals surface area contributed by atoms with Crippen LogP contribution in [-0.2, 0) is 20.2 Å².